The predicted molar refractivity (Wildman–Crippen MR) is 115 cm³/mol. The van der Waals surface area contributed by atoms with E-state index < -0.39 is 0 Å². The summed E-state index contributed by atoms with van der Waals surface area (Å²) in [5.41, 5.74) is 15.9. The first-order chi connectivity index (χ1) is 13.9. The molecule has 28 heavy (non-hydrogen) atoms. The van der Waals surface area contributed by atoms with Crippen LogP contribution >= 0.6 is 0 Å². The Bertz CT molecular complexity index is 1290. The molecule has 0 bridgehead atoms. The largest absolute Gasteiger partial charge is 0.309 e. The van der Waals surface area contributed by atoms with Gasteiger partial charge < -0.3 is 4.90 Å². The van der Waals surface area contributed by atoms with Crippen molar-refractivity contribution in [1.82, 2.24) is 0 Å². The van der Waals surface area contributed by atoms with Gasteiger partial charge in [0.1, 0.15) is 0 Å². The van der Waals surface area contributed by atoms with Crippen LogP contribution in [0.25, 0.3) is 11.1 Å². The zero-order chi connectivity index (χ0) is 18.2. The van der Waals surface area contributed by atoms with Crippen LogP contribution in [0.1, 0.15) is 33.4 Å². The molecule has 2 heterocycles. The molecule has 1 aliphatic carbocycles. The first-order valence-corrected chi connectivity index (χ1v) is 10.1. The average molecular weight is 357 g/mol. The van der Waals surface area contributed by atoms with Crippen LogP contribution in [0.4, 0.5) is 17.1 Å². The third kappa shape index (κ3) is 1.77. The van der Waals surface area contributed by atoms with E-state index in [9.17, 15) is 0 Å². The molecule has 2 aliphatic heterocycles. The zero-order valence-electron chi connectivity index (χ0n) is 15.6. The van der Waals surface area contributed by atoms with Crippen molar-refractivity contribution in [2.75, 3.05) is 4.90 Å². The van der Waals surface area contributed by atoms with Crippen molar-refractivity contribution in [3.8, 4) is 11.1 Å². The molecular weight excluding hydrogens is 338 g/mol. The van der Waals surface area contributed by atoms with Gasteiger partial charge in [-0.3, -0.25) is 0 Å². The average Bonchev–Trinajstić information content (AvgIpc) is 3.12. The van der Waals surface area contributed by atoms with Crippen LogP contribution in [0, 0.1) is 0 Å². The Balaban J connectivity index is 1.58. The van der Waals surface area contributed by atoms with Crippen LogP contribution in [0.3, 0.4) is 0 Å². The number of anilines is 3. The minimum atomic E-state index is 1.02. The molecule has 0 saturated heterocycles. The van der Waals surface area contributed by atoms with Crippen molar-refractivity contribution in [1.29, 1.82) is 0 Å². The summed E-state index contributed by atoms with van der Waals surface area (Å²) >= 11 is 0. The molecule has 4 aromatic rings. The SMILES string of the molecule is c1ccc2c(c1)Cc1c-2cc2c3c1Cc1ccccc1N3c1ccccc1C2. The van der Waals surface area contributed by atoms with Crippen LogP contribution < -0.4 is 4.90 Å². The molecular formula is C27H19N. The number of hydrogen-bond donors (Lipinski definition) is 0. The fourth-order valence-corrected chi connectivity index (χ4v) is 5.53. The van der Waals surface area contributed by atoms with Gasteiger partial charge in [0.05, 0.1) is 5.69 Å². The molecule has 0 saturated carbocycles. The standard InChI is InChI=1S/C27H19N/c1-4-10-21-17(7-1)14-23-22(21)16-20-13-18-8-2-5-11-25(18)28-26-12-6-3-9-19(26)15-24(23)27(20)28/h1-12,16H,13-15H2. The van der Waals surface area contributed by atoms with Crippen LogP contribution in [-0.4, -0.2) is 0 Å². The summed E-state index contributed by atoms with van der Waals surface area (Å²) in [5.74, 6) is 0. The third-order valence-corrected chi connectivity index (χ3v) is 6.71. The zero-order valence-corrected chi connectivity index (χ0v) is 15.6. The van der Waals surface area contributed by atoms with Crippen LogP contribution in [-0.2, 0) is 19.3 Å². The molecule has 3 aliphatic rings. The van der Waals surface area contributed by atoms with E-state index in [0.717, 1.165) is 19.3 Å². The van der Waals surface area contributed by atoms with Crippen molar-refractivity contribution in [2.24, 2.45) is 0 Å². The van der Waals surface area contributed by atoms with Crippen molar-refractivity contribution in [3.63, 3.8) is 0 Å². The summed E-state index contributed by atoms with van der Waals surface area (Å²) in [6.07, 6.45) is 3.12. The van der Waals surface area contributed by atoms with Crippen molar-refractivity contribution in [2.45, 2.75) is 19.3 Å². The Hall–Kier alpha value is -3.32. The maximum absolute atomic E-state index is 2.53. The lowest BCUT2D eigenvalue weighted by Gasteiger charge is -2.40. The van der Waals surface area contributed by atoms with E-state index in [4.69, 9.17) is 0 Å². The maximum atomic E-state index is 2.53. The molecule has 1 nitrogen and oxygen atoms in total. The van der Waals surface area contributed by atoms with E-state index in [1.165, 1.54) is 56.0 Å². The minimum Gasteiger partial charge on any atom is -0.309 e. The molecule has 0 fully saturated rings. The molecule has 0 aromatic heterocycles. The van der Waals surface area contributed by atoms with Crippen LogP contribution in [0.5, 0.6) is 0 Å². The van der Waals surface area contributed by atoms with E-state index in [1.54, 1.807) is 5.56 Å². The molecule has 1 heteroatoms. The Kier molecular flexibility index (Phi) is 2.70. The summed E-state index contributed by atoms with van der Waals surface area (Å²) in [6, 6.07) is 29.3. The monoisotopic (exact) mass is 357 g/mol. The highest BCUT2D eigenvalue weighted by atomic mass is 15.2. The highest BCUT2D eigenvalue weighted by Gasteiger charge is 2.35. The molecule has 0 amide bonds. The Labute approximate surface area is 164 Å². The Morgan fingerprint density at radius 2 is 1.11 bits per heavy atom. The number of benzene rings is 4. The predicted octanol–water partition coefficient (Wildman–Crippen LogP) is 6.54. The first kappa shape index (κ1) is 14.7. The number of nitrogens with zero attached hydrogens (tertiary/aromatic N) is 1. The second kappa shape index (κ2) is 5.14. The lowest BCUT2D eigenvalue weighted by molar-refractivity contribution is 0.994. The van der Waals surface area contributed by atoms with Gasteiger partial charge in [0.15, 0.2) is 0 Å². The summed E-state index contributed by atoms with van der Waals surface area (Å²) in [4.78, 5) is 2.53. The topological polar surface area (TPSA) is 3.24 Å². The second-order valence-electron chi connectivity index (χ2n) is 8.17. The highest BCUT2D eigenvalue weighted by Crippen LogP contribution is 2.54. The Morgan fingerprint density at radius 1 is 0.500 bits per heavy atom. The quantitative estimate of drug-likeness (QED) is 0.298. The third-order valence-electron chi connectivity index (χ3n) is 6.71. The van der Waals surface area contributed by atoms with Gasteiger partial charge in [-0.1, -0.05) is 60.7 Å². The summed E-state index contributed by atoms with van der Waals surface area (Å²) in [7, 11) is 0. The first-order valence-electron chi connectivity index (χ1n) is 10.1. The maximum Gasteiger partial charge on any atom is 0.0535 e. The van der Waals surface area contributed by atoms with Gasteiger partial charge in [-0.2, -0.15) is 0 Å². The molecule has 0 spiro atoms. The van der Waals surface area contributed by atoms with Gasteiger partial charge in [0.2, 0.25) is 0 Å². The van der Waals surface area contributed by atoms with E-state index in [0.29, 0.717) is 0 Å². The Morgan fingerprint density at radius 3 is 1.89 bits per heavy atom. The smallest absolute Gasteiger partial charge is 0.0535 e. The molecule has 7 rings (SSSR count). The van der Waals surface area contributed by atoms with Crippen LogP contribution in [0.2, 0.25) is 0 Å². The van der Waals surface area contributed by atoms with Gasteiger partial charge in [-0.15, -0.1) is 0 Å². The number of hydrogen-bond acceptors (Lipinski definition) is 1. The van der Waals surface area contributed by atoms with Gasteiger partial charge >= 0.3 is 0 Å². The normalized spacial score (nSPS) is 14.6. The number of para-hydroxylation sites is 2. The molecule has 4 aromatic carbocycles. The summed E-state index contributed by atoms with van der Waals surface area (Å²) < 4.78 is 0. The van der Waals surface area contributed by atoms with Gasteiger partial charge in [0, 0.05) is 24.2 Å². The van der Waals surface area contributed by atoms with Gasteiger partial charge in [-0.05, 0) is 69.1 Å². The molecule has 0 radical (unpaired) electrons. The van der Waals surface area contributed by atoms with Crippen molar-refractivity contribution in [3.05, 3.63) is 112 Å². The van der Waals surface area contributed by atoms with Crippen LogP contribution in [0.15, 0.2) is 78.9 Å². The van der Waals surface area contributed by atoms with E-state index in [2.05, 4.69) is 83.8 Å². The molecule has 0 N–H and O–H groups in total. The van der Waals surface area contributed by atoms with Crippen molar-refractivity contribution < 1.29 is 0 Å². The number of rotatable bonds is 0. The van der Waals surface area contributed by atoms with Gasteiger partial charge in [-0.25, -0.2) is 0 Å². The molecule has 132 valence electrons. The van der Waals surface area contributed by atoms with Crippen molar-refractivity contribution >= 4 is 17.1 Å². The minimum absolute atomic E-state index is 1.02. The highest BCUT2D eigenvalue weighted by molar-refractivity contribution is 5.93. The van der Waals surface area contributed by atoms with E-state index in [1.807, 2.05) is 0 Å². The lowest BCUT2D eigenvalue weighted by Crippen LogP contribution is -2.25. The van der Waals surface area contributed by atoms with Gasteiger partial charge in [0.25, 0.3) is 0 Å². The second-order valence-corrected chi connectivity index (χ2v) is 8.17. The summed E-state index contributed by atoms with van der Waals surface area (Å²) in [5, 5.41) is 0. The van der Waals surface area contributed by atoms with E-state index >= 15 is 0 Å². The number of fused-ring (bicyclic) bond motifs is 8. The fourth-order valence-electron chi connectivity index (χ4n) is 5.53. The van der Waals surface area contributed by atoms with E-state index in [-0.39, 0.29) is 0 Å². The fraction of sp³-hybridized carbons (Fsp3) is 0.111. The molecule has 0 atom stereocenters. The lowest BCUT2D eigenvalue weighted by atomic mass is 9.82. The summed E-state index contributed by atoms with van der Waals surface area (Å²) in [6.45, 7) is 0. The molecule has 0 unspecified atom stereocenters.